The molecule has 0 radical (unpaired) electrons. The molecule has 3 nitrogen and oxygen atoms in total. The van der Waals surface area contributed by atoms with Crippen LogP contribution in [0, 0.1) is 0 Å². The van der Waals surface area contributed by atoms with E-state index in [2.05, 4.69) is 22.3 Å². The van der Waals surface area contributed by atoms with Crippen molar-refractivity contribution in [1.29, 1.82) is 0 Å². The molecule has 0 aromatic heterocycles. The van der Waals surface area contributed by atoms with Crippen molar-refractivity contribution in [2.75, 3.05) is 26.7 Å². The summed E-state index contributed by atoms with van der Waals surface area (Å²) < 4.78 is 5.89. The van der Waals surface area contributed by atoms with Crippen molar-refractivity contribution in [3.63, 3.8) is 0 Å². The van der Waals surface area contributed by atoms with Crippen molar-refractivity contribution in [2.24, 2.45) is 0 Å². The summed E-state index contributed by atoms with van der Waals surface area (Å²) in [6.45, 7) is 3.34. The maximum Gasteiger partial charge on any atom is 0.0707 e. The Kier molecular flexibility index (Phi) is 4.61. The van der Waals surface area contributed by atoms with Crippen LogP contribution in [0.5, 0.6) is 0 Å². The van der Waals surface area contributed by atoms with Crippen LogP contribution < -0.4 is 5.32 Å². The van der Waals surface area contributed by atoms with Gasteiger partial charge in [-0.05, 0) is 44.0 Å². The summed E-state index contributed by atoms with van der Waals surface area (Å²) in [5, 5.41) is 4.21. The third-order valence-corrected chi connectivity index (χ3v) is 4.73. The fraction of sp³-hybridized carbons (Fsp3) is 0.625. The highest BCUT2D eigenvalue weighted by Gasteiger charge is 2.33. The number of nitrogens with zero attached hydrogens (tertiary/aromatic N) is 1. The zero-order chi connectivity index (χ0) is 13.9. The Morgan fingerprint density at radius 2 is 1.90 bits per heavy atom. The van der Waals surface area contributed by atoms with E-state index in [1.807, 2.05) is 19.2 Å². The van der Waals surface area contributed by atoms with E-state index in [0.29, 0.717) is 18.2 Å². The molecule has 1 aromatic carbocycles. The second-order valence-electron chi connectivity index (χ2n) is 5.90. The molecule has 2 heterocycles. The first-order valence-electron chi connectivity index (χ1n) is 7.55. The van der Waals surface area contributed by atoms with E-state index >= 15 is 0 Å². The minimum absolute atomic E-state index is 0.396. The van der Waals surface area contributed by atoms with E-state index in [1.54, 1.807) is 0 Å². The Balaban J connectivity index is 1.54. The molecule has 0 amide bonds. The van der Waals surface area contributed by atoms with Gasteiger partial charge in [0.1, 0.15) is 0 Å². The molecule has 3 atom stereocenters. The van der Waals surface area contributed by atoms with Crippen molar-refractivity contribution >= 4 is 11.6 Å². The standard InChI is InChI=1S/C16H23ClN2O/c1-18-16(12-2-4-13(17)5-3-12)8-9-19-10-14-6-7-15(11-19)20-14/h2-5,14-16,18H,6-11H2,1H3. The van der Waals surface area contributed by atoms with E-state index in [-0.39, 0.29) is 0 Å². The van der Waals surface area contributed by atoms with Gasteiger partial charge in [-0.3, -0.25) is 4.90 Å². The maximum absolute atomic E-state index is 5.95. The fourth-order valence-electron chi connectivity index (χ4n) is 3.37. The third kappa shape index (κ3) is 3.34. The first kappa shape index (κ1) is 14.3. The van der Waals surface area contributed by atoms with Gasteiger partial charge in [0, 0.05) is 30.7 Å². The van der Waals surface area contributed by atoms with Crippen molar-refractivity contribution < 1.29 is 4.74 Å². The Bertz CT molecular complexity index is 425. The topological polar surface area (TPSA) is 24.5 Å². The highest BCUT2D eigenvalue weighted by Crippen LogP contribution is 2.27. The zero-order valence-electron chi connectivity index (χ0n) is 12.0. The molecule has 0 saturated carbocycles. The molecule has 2 aliphatic heterocycles. The molecular formula is C16H23ClN2O. The average molecular weight is 295 g/mol. The Morgan fingerprint density at radius 3 is 2.50 bits per heavy atom. The predicted molar refractivity (Wildman–Crippen MR) is 82.2 cm³/mol. The van der Waals surface area contributed by atoms with Crippen LogP contribution in [-0.2, 0) is 4.74 Å². The first-order valence-corrected chi connectivity index (χ1v) is 7.93. The van der Waals surface area contributed by atoms with Gasteiger partial charge in [0.05, 0.1) is 12.2 Å². The van der Waals surface area contributed by atoms with Gasteiger partial charge in [-0.25, -0.2) is 0 Å². The molecule has 1 N–H and O–H groups in total. The van der Waals surface area contributed by atoms with Gasteiger partial charge in [0.25, 0.3) is 0 Å². The van der Waals surface area contributed by atoms with Crippen LogP contribution in [-0.4, -0.2) is 43.8 Å². The molecular weight excluding hydrogens is 272 g/mol. The average Bonchev–Trinajstić information content (AvgIpc) is 2.80. The van der Waals surface area contributed by atoms with E-state index in [0.717, 1.165) is 31.1 Å². The summed E-state index contributed by atoms with van der Waals surface area (Å²) in [5.74, 6) is 0. The number of hydrogen-bond acceptors (Lipinski definition) is 3. The normalized spacial score (nSPS) is 27.7. The summed E-state index contributed by atoms with van der Waals surface area (Å²) in [6.07, 6.45) is 4.58. The minimum Gasteiger partial charge on any atom is -0.372 e. The monoisotopic (exact) mass is 294 g/mol. The van der Waals surface area contributed by atoms with Crippen LogP contribution in [0.2, 0.25) is 5.02 Å². The SMILES string of the molecule is CNC(CCN1CC2CCC(C1)O2)c1ccc(Cl)cc1. The maximum atomic E-state index is 5.95. The summed E-state index contributed by atoms with van der Waals surface area (Å²) in [4.78, 5) is 2.56. The van der Waals surface area contributed by atoms with Crippen LogP contribution in [0.1, 0.15) is 30.9 Å². The number of rotatable bonds is 5. The summed E-state index contributed by atoms with van der Waals surface area (Å²) in [5.41, 5.74) is 1.31. The molecule has 20 heavy (non-hydrogen) atoms. The highest BCUT2D eigenvalue weighted by molar-refractivity contribution is 6.30. The largest absolute Gasteiger partial charge is 0.372 e. The van der Waals surface area contributed by atoms with Crippen molar-refractivity contribution in [1.82, 2.24) is 10.2 Å². The van der Waals surface area contributed by atoms with E-state index in [4.69, 9.17) is 16.3 Å². The molecule has 2 aliphatic rings. The molecule has 4 heteroatoms. The number of hydrogen-bond donors (Lipinski definition) is 1. The molecule has 0 spiro atoms. The fourth-order valence-corrected chi connectivity index (χ4v) is 3.49. The van der Waals surface area contributed by atoms with Crippen molar-refractivity contribution in [3.05, 3.63) is 34.9 Å². The van der Waals surface area contributed by atoms with Gasteiger partial charge in [0.15, 0.2) is 0 Å². The summed E-state index contributed by atoms with van der Waals surface area (Å²) >= 11 is 5.95. The van der Waals surface area contributed by atoms with E-state index < -0.39 is 0 Å². The molecule has 2 bridgehead atoms. The molecule has 1 aromatic rings. The number of morpholine rings is 1. The number of halogens is 1. The van der Waals surface area contributed by atoms with Crippen LogP contribution in [0.3, 0.4) is 0 Å². The second-order valence-corrected chi connectivity index (χ2v) is 6.33. The molecule has 3 unspecified atom stereocenters. The molecule has 110 valence electrons. The third-order valence-electron chi connectivity index (χ3n) is 4.47. The lowest BCUT2D eigenvalue weighted by Gasteiger charge is -2.33. The minimum atomic E-state index is 0.396. The number of ether oxygens (including phenoxy) is 1. The second kappa shape index (κ2) is 6.44. The Morgan fingerprint density at radius 1 is 1.25 bits per heavy atom. The van der Waals surface area contributed by atoms with Gasteiger partial charge in [-0.2, -0.15) is 0 Å². The van der Waals surface area contributed by atoms with E-state index in [9.17, 15) is 0 Å². The Hall–Kier alpha value is -0.610. The predicted octanol–water partition coefficient (Wildman–Crippen LogP) is 2.85. The van der Waals surface area contributed by atoms with Gasteiger partial charge in [-0.1, -0.05) is 23.7 Å². The highest BCUT2D eigenvalue weighted by atomic mass is 35.5. The molecule has 3 rings (SSSR count). The molecule has 2 fully saturated rings. The smallest absolute Gasteiger partial charge is 0.0707 e. The van der Waals surface area contributed by atoms with Crippen molar-refractivity contribution in [2.45, 2.75) is 37.5 Å². The molecule has 2 saturated heterocycles. The van der Waals surface area contributed by atoms with Crippen LogP contribution in [0.4, 0.5) is 0 Å². The molecule has 0 aliphatic carbocycles. The zero-order valence-corrected chi connectivity index (χ0v) is 12.8. The Labute approximate surface area is 126 Å². The number of benzene rings is 1. The van der Waals surface area contributed by atoms with Crippen LogP contribution in [0.25, 0.3) is 0 Å². The van der Waals surface area contributed by atoms with Gasteiger partial charge in [-0.15, -0.1) is 0 Å². The number of nitrogens with one attached hydrogen (secondary N) is 1. The number of likely N-dealkylation sites (tertiary alicyclic amines) is 1. The lowest BCUT2D eigenvalue weighted by molar-refractivity contribution is -0.0390. The van der Waals surface area contributed by atoms with Crippen molar-refractivity contribution in [3.8, 4) is 0 Å². The lowest BCUT2D eigenvalue weighted by Crippen LogP contribution is -2.43. The summed E-state index contributed by atoms with van der Waals surface area (Å²) in [7, 11) is 2.03. The van der Waals surface area contributed by atoms with Gasteiger partial charge < -0.3 is 10.1 Å². The van der Waals surface area contributed by atoms with Crippen LogP contribution >= 0.6 is 11.6 Å². The quantitative estimate of drug-likeness (QED) is 0.904. The number of fused-ring (bicyclic) bond motifs is 2. The van der Waals surface area contributed by atoms with Crippen LogP contribution in [0.15, 0.2) is 24.3 Å². The van der Waals surface area contributed by atoms with Gasteiger partial charge in [0.2, 0.25) is 0 Å². The van der Waals surface area contributed by atoms with Gasteiger partial charge >= 0.3 is 0 Å². The summed E-state index contributed by atoms with van der Waals surface area (Å²) in [6, 6.07) is 8.57. The lowest BCUT2D eigenvalue weighted by atomic mass is 10.0. The van der Waals surface area contributed by atoms with E-state index in [1.165, 1.54) is 18.4 Å². The first-order chi connectivity index (χ1) is 9.74.